The maximum atomic E-state index is 13.1. The molecule has 2 amide bonds. The van der Waals surface area contributed by atoms with Crippen molar-refractivity contribution in [2.45, 2.75) is 26.2 Å². The minimum absolute atomic E-state index is 0.0231. The monoisotopic (exact) mass is 350 g/mol. The van der Waals surface area contributed by atoms with Crippen molar-refractivity contribution in [2.24, 2.45) is 5.92 Å². The molecule has 3 rings (SSSR count). The van der Waals surface area contributed by atoms with E-state index in [9.17, 15) is 9.59 Å². The molecular formula is C22H26N2O2. The lowest BCUT2D eigenvalue weighted by Gasteiger charge is -2.32. The fourth-order valence-corrected chi connectivity index (χ4v) is 3.45. The molecule has 2 aromatic rings. The van der Waals surface area contributed by atoms with Gasteiger partial charge >= 0.3 is 0 Å². The molecule has 0 saturated carbocycles. The van der Waals surface area contributed by atoms with Crippen molar-refractivity contribution in [2.75, 3.05) is 19.6 Å². The number of carbonyl (C=O) groups excluding carboxylic acids is 2. The quantitative estimate of drug-likeness (QED) is 0.893. The first-order chi connectivity index (χ1) is 12.7. The topological polar surface area (TPSA) is 49.4 Å². The van der Waals surface area contributed by atoms with Crippen molar-refractivity contribution < 1.29 is 9.59 Å². The molecule has 1 aliphatic rings. The van der Waals surface area contributed by atoms with Gasteiger partial charge in [-0.2, -0.15) is 0 Å². The molecule has 136 valence electrons. The van der Waals surface area contributed by atoms with E-state index in [4.69, 9.17) is 0 Å². The Hall–Kier alpha value is -2.62. The number of nitrogens with zero attached hydrogens (tertiary/aromatic N) is 1. The predicted octanol–water partition coefficient (Wildman–Crippen LogP) is 3.73. The van der Waals surface area contributed by atoms with Crippen molar-refractivity contribution in [3.05, 3.63) is 60.2 Å². The average Bonchev–Trinajstić information content (AvgIpc) is 2.72. The first kappa shape index (κ1) is 18.2. The Kier molecular flexibility index (Phi) is 6.05. The van der Waals surface area contributed by atoms with E-state index in [0.29, 0.717) is 13.1 Å². The van der Waals surface area contributed by atoms with E-state index in [0.717, 1.165) is 42.5 Å². The number of carbonyl (C=O) groups is 2. The van der Waals surface area contributed by atoms with Gasteiger partial charge in [0.25, 0.3) is 5.91 Å². The molecule has 4 nitrogen and oxygen atoms in total. The molecule has 1 fully saturated rings. The van der Waals surface area contributed by atoms with Crippen LogP contribution in [0, 0.1) is 5.92 Å². The van der Waals surface area contributed by atoms with Crippen LogP contribution in [0.25, 0.3) is 11.1 Å². The van der Waals surface area contributed by atoms with Gasteiger partial charge in [-0.25, -0.2) is 0 Å². The Morgan fingerprint density at radius 2 is 1.65 bits per heavy atom. The van der Waals surface area contributed by atoms with Gasteiger partial charge in [0.2, 0.25) is 5.91 Å². The number of benzene rings is 2. The van der Waals surface area contributed by atoms with E-state index < -0.39 is 0 Å². The lowest BCUT2D eigenvalue weighted by molar-refractivity contribution is -0.126. The molecule has 4 heteroatoms. The summed E-state index contributed by atoms with van der Waals surface area (Å²) in [6, 6.07) is 17.7. The molecular weight excluding hydrogens is 324 g/mol. The van der Waals surface area contributed by atoms with E-state index >= 15 is 0 Å². The second kappa shape index (κ2) is 8.65. The Balaban J connectivity index is 1.69. The summed E-state index contributed by atoms with van der Waals surface area (Å²) in [6.07, 6.45) is 2.41. The first-order valence-electron chi connectivity index (χ1n) is 9.42. The zero-order valence-electron chi connectivity index (χ0n) is 15.3. The van der Waals surface area contributed by atoms with Crippen molar-refractivity contribution in [3.63, 3.8) is 0 Å². The maximum absolute atomic E-state index is 13.1. The summed E-state index contributed by atoms with van der Waals surface area (Å²) < 4.78 is 0. The normalized spacial score (nSPS) is 14.9. The highest BCUT2D eigenvalue weighted by Crippen LogP contribution is 2.26. The number of piperidine rings is 1. The molecule has 26 heavy (non-hydrogen) atoms. The Bertz CT molecular complexity index is 750. The third kappa shape index (κ3) is 4.13. The van der Waals surface area contributed by atoms with Crippen LogP contribution in [0.15, 0.2) is 54.6 Å². The number of hydrogen-bond acceptors (Lipinski definition) is 2. The second-order valence-corrected chi connectivity index (χ2v) is 6.77. The number of hydrogen-bond donors (Lipinski definition) is 1. The first-order valence-corrected chi connectivity index (χ1v) is 9.42. The zero-order valence-corrected chi connectivity index (χ0v) is 15.3. The molecule has 0 atom stereocenters. The summed E-state index contributed by atoms with van der Waals surface area (Å²) >= 11 is 0. The number of likely N-dealkylation sites (tertiary alicyclic amines) is 1. The van der Waals surface area contributed by atoms with Crippen molar-refractivity contribution in [3.8, 4) is 11.1 Å². The molecule has 0 aliphatic carbocycles. The molecule has 1 N–H and O–H groups in total. The third-order valence-electron chi connectivity index (χ3n) is 4.94. The molecule has 1 saturated heterocycles. The van der Waals surface area contributed by atoms with E-state index in [-0.39, 0.29) is 17.7 Å². The van der Waals surface area contributed by atoms with Gasteiger partial charge in [-0.1, -0.05) is 55.5 Å². The van der Waals surface area contributed by atoms with Crippen LogP contribution < -0.4 is 5.32 Å². The van der Waals surface area contributed by atoms with Gasteiger partial charge in [-0.05, 0) is 36.5 Å². The standard InChI is InChI=1S/C22H26N2O2/c1-2-14-23-21(25)18-12-15-24(16-13-18)22(26)20-11-7-6-10-19(20)17-8-4-3-5-9-17/h3-11,18H,2,12-16H2,1H3,(H,23,25). The zero-order chi connectivity index (χ0) is 18.4. The van der Waals surface area contributed by atoms with Gasteiger partial charge in [-0.3, -0.25) is 9.59 Å². The van der Waals surface area contributed by atoms with Crippen molar-refractivity contribution in [1.82, 2.24) is 10.2 Å². The van der Waals surface area contributed by atoms with E-state index in [1.165, 1.54) is 0 Å². The van der Waals surface area contributed by atoms with Crippen molar-refractivity contribution >= 4 is 11.8 Å². The van der Waals surface area contributed by atoms with E-state index in [1.54, 1.807) is 0 Å². The summed E-state index contributed by atoms with van der Waals surface area (Å²) in [7, 11) is 0. The smallest absolute Gasteiger partial charge is 0.254 e. The van der Waals surface area contributed by atoms with Crippen LogP contribution >= 0.6 is 0 Å². The molecule has 0 unspecified atom stereocenters. The van der Waals surface area contributed by atoms with Crippen LogP contribution in [0.2, 0.25) is 0 Å². The van der Waals surface area contributed by atoms with E-state index in [2.05, 4.69) is 5.32 Å². The summed E-state index contributed by atoms with van der Waals surface area (Å²) in [6.45, 7) is 4.03. The SMILES string of the molecule is CCCNC(=O)C1CCN(C(=O)c2ccccc2-c2ccccc2)CC1. The molecule has 1 heterocycles. The summed E-state index contributed by atoms with van der Waals surface area (Å²) in [5.41, 5.74) is 2.73. The lowest BCUT2D eigenvalue weighted by Crippen LogP contribution is -2.43. The Morgan fingerprint density at radius 1 is 1.00 bits per heavy atom. The number of rotatable bonds is 5. The van der Waals surface area contributed by atoms with Crippen LogP contribution in [0.3, 0.4) is 0 Å². The fraction of sp³-hybridized carbons (Fsp3) is 0.364. The van der Waals surface area contributed by atoms with Gasteiger partial charge in [0, 0.05) is 31.1 Å². The minimum Gasteiger partial charge on any atom is -0.356 e. The largest absolute Gasteiger partial charge is 0.356 e. The minimum atomic E-state index is 0.0231. The van der Waals surface area contributed by atoms with Crippen LogP contribution in [0.4, 0.5) is 0 Å². The van der Waals surface area contributed by atoms with Gasteiger partial charge in [0.05, 0.1) is 0 Å². The van der Waals surface area contributed by atoms with Crippen LogP contribution in [0.1, 0.15) is 36.5 Å². The molecule has 0 spiro atoms. The molecule has 0 radical (unpaired) electrons. The van der Waals surface area contributed by atoms with Crippen molar-refractivity contribution in [1.29, 1.82) is 0 Å². The maximum Gasteiger partial charge on any atom is 0.254 e. The summed E-state index contributed by atoms with van der Waals surface area (Å²) in [5.74, 6) is 0.204. The highest BCUT2D eigenvalue weighted by molar-refractivity contribution is 6.01. The van der Waals surface area contributed by atoms with Gasteiger partial charge in [0.15, 0.2) is 0 Å². The molecule has 2 aromatic carbocycles. The Morgan fingerprint density at radius 3 is 2.35 bits per heavy atom. The van der Waals surface area contributed by atoms with E-state index in [1.807, 2.05) is 66.4 Å². The average molecular weight is 350 g/mol. The van der Waals surface area contributed by atoms with Crippen LogP contribution in [0.5, 0.6) is 0 Å². The predicted molar refractivity (Wildman–Crippen MR) is 104 cm³/mol. The van der Waals surface area contributed by atoms with Crippen LogP contribution in [-0.2, 0) is 4.79 Å². The molecule has 0 aromatic heterocycles. The summed E-state index contributed by atoms with van der Waals surface area (Å²) in [4.78, 5) is 27.1. The Labute approximate surface area is 155 Å². The third-order valence-corrected chi connectivity index (χ3v) is 4.94. The fourth-order valence-electron chi connectivity index (χ4n) is 3.45. The number of amides is 2. The van der Waals surface area contributed by atoms with Gasteiger partial charge in [-0.15, -0.1) is 0 Å². The van der Waals surface area contributed by atoms with Gasteiger partial charge in [0.1, 0.15) is 0 Å². The summed E-state index contributed by atoms with van der Waals surface area (Å²) in [5, 5.41) is 2.97. The highest BCUT2D eigenvalue weighted by Gasteiger charge is 2.28. The number of nitrogens with one attached hydrogen (secondary N) is 1. The van der Waals surface area contributed by atoms with Crippen LogP contribution in [-0.4, -0.2) is 36.3 Å². The lowest BCUT2D eigenvalue weighted by atomic mass is 9.94. The van der Waals surface area contributed by atoms with Gasteiger partial charge < -0.3 is 10.2 Å². The molecule has 0 bridgehead atoms. The highest BCUT2D eigenvalue weighted by atomic mass is 16.2. The second-order valence-electron chi connectivity index (χ2n) is 6.77. The molecule has 1 aliphatic heterocycles.